The van der Waals surface area contributed by atoms with E-state index in [4.69, 9.17) is 0 Å². The van der Waals surface area contributed by atoms with Crippen molar-refractivity contribution in [3.63, 3.8) is 0 Å². The predicted molar refractivity (Wildman–Crippen MR) is 79.0 cm³/mol. The lowest BCUT2D eigenvalue weighted by molar-refractivity contribution is -0.113. The molecular weight excluding hydrogens is 296 g/mol. The molecule has 2 aromatic rings. The van der Waals surface area contributed by atoms with E-state index in [0.29, 0.717) is 11.0 Å². The summed E-state index contributed by atoms with van der Waals surface area (Å²) in [6.07, 6.45) is 0. The molecule has 0 aliphatic heterocycles. The standard InChI is InChI=1S/C11H16N6OS2/c1-4-17-9(7(2)3)14-16-11(17)19-5-8(18)13-10-15-12-6-20-10/h6-7H,4-5H2,1-3H3,(H,13,15,18). The van der Waals surface area contributed by atoms with Crippen molar-refractivity contribution in [1.29, 1.82) is 0 Å². The summed E-state index contributed by atoms with van der Waals surface area (Å²) >= 11 is 2.67. The second kappa shape index (κ2) is 6.80. The lowest BCUT2D eigenvalue weighted by Gasteiger charge is -2.08. The second-order valence-corrected chi connectivity index (χ2v) is 6.10. The SMILES string of the molecule is CCn1c(SCC(=O)Nc2nncs2)nnc1C(C)C. The van der Waals surface area contributed by atoms with E-state index >= 15 is 0 Å². The molecule has 7 nitrogen and oxygen atoms in total. The molecule has 1 amide bonds. The summed E-state index contributed by atoms with van der Waals surface area (Å²) in [5.74, 6) is 1.41. The molecule has 2 aromatic heterocycles. The van der Waals surface area contributed by atoms with Crippen LogP contribution < -0.4 is 5.32 Å². The molecule has 9 heteroatoms. The predicted octanol–water partition coefficient (Wildman–Crippen LogP) is 2.00. The number of carbonyl (C=O) groups excluding carboxylic acids is 1. The summed E-state index contributed by atoms with van der Waals surface area (Å²) in [5.41, 5.74) is 1.57. The summed E-state index contributed by atoms with van der Waals surface area (Å²) in [4.78, 5) is 11.8. The van der Waals surface area contributed by atoms with Crippen LogP contribution in [-0.4, -0.2) is 36.6 Å². The molecule has 0 unspecified atom stereocenters. The average molecular weight is 312 g/mol. The van der Waals surface area contributed by atoms with Gasteiger partial charge in [0.05, 0.1) is 5.75 Å². The van der Waals surface area contributed by atoms with Crippen molar-refractivity contribution in [3.05, 3.63) is 11.3 Å². The smallest absolute Gasteiger partial charge is 0.236 e. The van der Waals surface area contributed by atoms with Crippen LogP contribution in [0.25, 0.3) is 0 Å². The van der Waals surface area contributed by atoms with Crippen LogP contribution in [0, 0.1) is 0 Å². The van der Waals surface area contributed by atoms with Gasteiger partial charge in [-0.15, -0.1) is 20.4 Å². The molecule has 2 heterocycles. The average Bonchev–Trinajstić information content (AvgIpc) is 3.04. The minimum absolute atomic E-state index is 0.122. The van der Waals surface area contributed by atoms with Crippen molar-refractivity contribution in [2.24, 2.45) is 0 Å². The number of aromatic nitrogens is 5. The first kappa shape index (κ1) is 14.9. The number of anilines is 1. The van der Waals surface area contributed by atoms with Gasteiger partial charge in [0.15, 0.2) is 5.16 Å². The third-order valence-corrected chi connectivity index (χ3v) is 4.09. The van der Waals surface area contributed by atoms with Gasteiger partial charge in [0.25, 0.3) is 0 Å². The molecule has 0 bridgehead atoms. The van der Waals surface area contributed by atoms with E-state index in [1.54, 1.807) is 5.51 Å². The number of nitrogens with one attached hydrogen (secondary N) is 1. The van der Waals surface area contributed by atoms with Crippen LogP contribution in [0.5, 0.6) is 0 Å². The molecule has 0 aliphatic carbocycles. The molecule has 0 radical (unpaired) electrons. The van der Waals surface area contributed by atoms with E-state index in [0.717, 1.165) is 17.5 Å². The Morgan fingerprint density at radius 3 is 2.85 bits per heavy atom. The van der Waals surface area contributed by atoms with Crippen LogP contribution in [0.15, 0.2) is 10.7 Å². The first-order valence-corrected chi connectivity index (χ1v) is 8.10. The molecule has 0 saturated heterocycles. The van der Waals surface area contributed by atoms with Gasteiger partial charge in [0, 0.05) is 12.5 Å². The summed E-state index contributed by atoms with van der Waals surface area (Å²) in [7, 11) is 0. The Morgan fingerprint density at radius 2 is 2.25 bits per heavy atom. The quantitative estimate of drug-likeness (QED) is 0.821. The lowest BCUT2D eigenvalue weighted by Crippen LogP contribution is -2.14. The Hall–Kier alpha value is -1.48. The zero-order valence-corrected chi connectivity index (χ0v) is 13.2. The van der Waals surface area contributed by atoms with Gasteiger partial charge in [0.1, 0.15) is 11.3 Å². The van der Waals surface area contributed by atoms with Gasteiger partial charge >= 0.3 is 0 Å². The maximum absolute atomic E-state index is 11.8. The zero-order valence-electron chi connectivity index (χ0n) is 11.5. The minimum atomic E-state index is -0.122. The highest BCUT2D eigenvalue weighted by atomic mass is 32.2. The fraction of sp³-hybridized carbons (Fsp3) is 0.545. The number of rotatable bonds is 6. The highest BCUT2D eigenvalue weighted by molar-refractivity contribution is 7.99. The number of hydrogen-bond acceptors (Lipinski definition) is 7. The normalized spacial score (nSPS) is 11.0. The van der Waals surface area contributed by atoms with Gasteiger partial charge in [-0.25, -0.2) is 0 Å². The van der Waals surface area contributed by atoms with E-state index in [1.165, 1.54) is 23.1 Å². The number of carbonyl (C=O) groups is 1. The van der Waals surface area contributed by atoms with Crippen molar-refractivity contribution in [2.75, 3.05) is 11.1 Å². The highest BCUT2D eigenvalue weighted by Crippen LogP contribution is 2.21. The highest BCUT2D eigenvalue weighted by Gasteiger charge is 2.15. The largest absolute Gasteiger partial charge is 0.306 e. The molecule has 0 aliphatic rings. The minimum Gasteiger partial charge on any atom is -0.306 e. The Morgan fingerprint density at radius 1 is 1.45 bits per heavy atom. The summed E-state index contributed by atoms with van der Waals surface area (Å²) in [6, 6.07) is 0. The van der Waals surface area contributed by atoms with E-state index in [-0.39, 0.29) is 11.7 Å². The lowest BCUT2D eigenvalue weighted by atomic mass is 10.2. The van der Waals surface area contributed by atoms with Crippen LogP contribution in [0.3, 0.4) is 0 Å². The molecule has 0 spiro atoms. The zero-order chi connectivity index (χ0) is 14.5. The molecule has 2 rings (SSSR count). The molecule has 1 N–H and O–H groups in total. The summed E-state index contributed by atoms with van der Waals surface area (Å²) < 4.78 is 2.04. The van der Waals surface area contributed by atoms with E-state index in [2.05, 4.69) is 39.6 Å². The fourth-order valence-electron chi connectivity index (χ4n) is 1.64. The van der Waals surface area contributed by atoms with Crippen molar-refractivity contribution >= 4 is 34.1 Å². The maximum atomic E-state index is 11.8. The van der Waals surface area contributed by atoms with Crippen LogP contribution in [0.2, 0.25) is 0 Å². The van der Waals surface area contributed by atoms with Crippen molar-refractivity contribution in [3.8, 4) is 0 Å². The number of hydrogen-bond donors (Lipinski definition) is 1. The fourth-order valence-corrected chi connectivity index (χ4v) is 2.91. The summed E-state index contributed by atoms with van der Waals surface area (Å²) in [5, 5.41) is 19.7. The van der Waals surface area contributed by atoms with Crippen LogP contribution in [0.4, 0.5) is 5.13 Å². The van der Waals surface area contributed by atoms with Gasteiger partial charge < -0.3 is 4.57 Å². The Bertz CT molecular complexity index is 565. The molecule has 0 aromatic carbocycles. The van der Waals surface area contributed by atoms with Crippen molar-refractivity contribution in [1.82, 2.24) is 25.0 Å². The van der Waals surface area contributed by atoms with E-state index in [9.17, 15) is 4.79 Å². The van der Waals surface area contributed by atoms with Gasteiger partial charge in [-0.2, -0.15) is 0 Å². The van der Waals surface area contributed by atoms with Crippen molar-refractivity contribution < 1.29 is 4.79 Å². The van der Waals surface area contributed by atoms with Gasteiger partial charge in [-0.05, 0) is 6.92 Å². The Labute approximate surface area is 125 Å². The molecular formula is C11H16N6OS2. The van der Waals surface area contributed by atoms with Gasteiger partial charge in [-0.1, -0.05) is 36.9 Å². The summed E-state index contributed by atoms with van der Waals surface area (Å²) in [6.45, 7) is 6.99. The maximum Gasteiger partial charge on any atom is 0.236 e. The topological polar surface area (TPSA) is 85.6 Å². The molecule has 0 atom stereocenters. The monoisotopic (exact) mass is 312 g/mol. The third kappa shape index (κ3) is 3.54. The number of thioether (sulfide) groups is 1. The third-order valence-electron chi connectivity index (χ3n) is 2.52. The molecule has 0 saturated carbocycles. The molecule has 20 heavy (non-hydrogen) atoms. The van der Waals surface area contributed by atoms with E-state index < -0.39 is 0 Å². The van der Waals surface area contributed by atoms with Crippen molar-refractivity contribution in [2.45, 2.75) is 38.4 Å². The first-order valence-electron chi connectivity index (χ1n) is 6.23. The Balaban J connectivity index is 1.95. The molecule has 0 fully saturated rings. The van der Waals surface area contributed by atoms with Gasteiger partial charge in [0.2, 0.25) is 11.0 Å². The number of amides is 1. The number of nitrogens with zero attached hydrogens (tertiary/aromatic N) is 5. The second-order valence-electron chi connectivity index (χ2n) is 4.32. The van der Waals surface area contributed by atoms with Crippen LogP contribution in [0.1, 0.15) is 32.5 Å². The van der Waals surface area contributed by atoms with Gasteiger partial charge in [-0.3, -0.25) is 10.1 Å². The molecule has 108 valence electrons. The Kier molecular flexibility index (Phi) is 5.07. The van der Waals surface area contributed by atoms with E-state index in [1.807, 2.05) is 11.5 Å². The van der Waals surface area contributed by atoms with Crippen LogP contribution in [-0.2, 0) is 11.3 Å². The first-order chi connectivity index (χ1) is 9.61. The van der Waals surface area contributed by atoms with Crippen LogP contribution >= 0.6 is 23.1 Å².